The molecule has 0 aromatic carbocycles. The maximum absolute atomic E-state index is 13.0. The second-order valence-electron chi connectivity index (χ2n) is 27.4. The lowest BCUT2D eigenvalue weighted by atomic mass is 9.99. The van der Waals surface area contributed by atoms with E-state index in [4.69, 9.17) is 37.0 Å². The lowest BCUT2D eigenvalue weighted by molar-refractivity contribution is -0.161. The SMILES string of the molecule is CCCCCCCCCCCCCC(=O)OC[C@H](COP(=O)(O)OC[C@@H](O)COP(=O)(O)OC[C@@H](COC(=O)CCCCCCCCCCCC)OC(=O)CCCCCCCCCC(C)C)OC(=O)CCCCCCCCCCCCCCCCCCCCC(C)CC. The van der Waals surface area contributed by atoms with Crippen LogP contribution in [0.4, 0.5) is 0 Å². The van der Waals surface area contributed by atoms with Gasteiger partial charge in [0.1, 0.15) is 19.3 Å². The van der Waals surface area contributed by atoms with Gasteiger partial charge in [-0.05, 0) is 37.5 Å². The van der Waals surface area contributed by atoms with E-state index in [9.17, 15) is 43.2 Å². The molecule has 552 valence electrons. The highest BCUT2D eigenvalue weighted by Gasteiger charge is 2.30. The Hall–Kier alpha value is -1.94. The van der Waals surface area contributed by atoms with Crippen molar-refractivity contribution in [2.45, 2.75) is 400 Å². The molecule has 0 aliphatic heterocycles. The number of rotatable bonds is 73. The van der Waals surface area contributed by atoms with E-state index in [1.54, 1.807) is 0 Å². The number of carbonyl (C=O) groups excluding carboxylic acids is 4. The van der Waals surface area contributed by atoms with Crippen molar-refractivity contribution in [2.75, 3.05) is 39.6 Å². The number of unbranched alkanes of at least 4 members (excludes halogenated alkanes) is 42. The predicted octanol–water partition coefficient (Wildman–Crippen LogP) is 21.6. The van der Waals surface area contributed by atoms with Gasteiger partial charge in [-0.2, -0.15) is 0 Å². The summed E-state index contributed by atoms with van der Waals surface area (Å²) < 4.78 is 68.3. The fraction of sp³-hybridized carbons (Fsp3) is 0.946. The number of carbonyl (C=O) groups is 4. The monoisotopic (exact) mass is 1370 g/mol. The summed E-state index contributed by atoms with van der Waals surface area (Å²) in [7, 11) is -9.90. The first-order chi connectivity index (χ1) is 44.9. The smallest absolute Gasteiger partial charge is 0.462 e. The highest BCUT2D eigenvalue weighted by molar-refractivity contribution is 7.47. The Bertz CT molecular complexity index is 1810. The first kappa shape index (κ1) is 91.1. The first-order valence-corrected chi connectivity index (χ1v) is 41.5. The summed E-state index contributed by atoms with van der Waals surface area (Å²) >= 11 is 0. The Labute approximate surface area is 568 Å². The molecule has 0 amide bonds. The van der Waals surface area contributed by atoms with Crippen molar-refractivity contribution in [3.05, 3.63) is 0 Å². The Morgan fingerprint density at radius 2 is 0.548 bits per heavy atom. The number of esters is 4. The minimum Gasteiger partial charge on any atom is -0.462 e. The zero-order valence-corrected chi connectivity index (χ0v) is 62.3. The van der Waals surface area contributed by atoms with Crippen molar-refractivity contribution in [3.8, 4) is 0 Å². The predicted molar refractivity (Wildman–Crippen MR) is 377 cm³/mol. The highest BCUT2D eigenvalue weighted by Crippen LogP contribution is 2.45. The van der Waals surface area contributed by atoms with E-state index >= 15 is 0 Å². The molecule has 0 aromatic rings. The van der Waals surface area contributed by atoms with Crippen LogP contribution in [0.2, 0.25) is 0 Å². The summed E-state index contributed by atoms with van der Waals surface area (Å²) in [6.07, 6.45) is 52.8. The van der Waals surface area contributed by atoms with Crippen LogP contribution in [-0.2, 0) is 65.4 Å². The average Bonchev–Trinajstić information content (AvgIpc) is 2.77. The van der Waals surface area contributed by atoms with E-state index in [1.807, 2.05) is 0 Å². The standard InChI is InChI=1S/C74H144O17P2/c1-7-10-12-14-16-18-28-33-39-45-51-57-72(77)85-62-69(90-73(78)58-52-46-40-34-30-27-25-23-21-20-22-24-26-29-31-37-43-49-55-67(6)9-3)64-88-92(80,81)86-60-68(75)61-87-93(82,83)89-65-70(91-74(79)59-53-47-41-35-36-42-48-54-66(4)5)63-84-71(76)56-50-44-38-32-19-17-15-13-11-8-2/h66-70,75H,7-65H2,1-6H3,(H,80,81)(H,82,83)/t67?,68-,69-,70-/m1/s1. The second-order valence-corrected chi connectivity index (χ2v) is 30.3. The maximum Gasteiger partial charge on any atom is 0.472 e. The number of aliphatic hydroxyl groups is 1. The molecule has 6 atom stereocenters. The Kier molecular flexibility index (Phi) is 64.6. The molecule has 0 aliphatic carbocycles. The fourth-order valence-electron chi connectivity index (χ4n) is 11.3. The van der Waals surface area contributed by atoms with E-state index in [-0.39, 0.29) is 25.7 Å². The van der Waals surface area contributed by atoms with Crippen molar-refractivity contribution in [1.82, 2.24) is 0 Å². The number of aliphatic hydroxyl groups excluding tert-OH is 1. The van der Waals surface area contributed by atoms with Crippen LogP contribution >= 0.6 is 15.6 Å². The zero-order valence-electron chi connectivity index (χ0n) is 60.6. The number of ether oxygens (including phenoxy) is 4. The van der Waals surface area contributed by atoms with Gasteiger partial charge in [0.2, 0.25) is 0 Å². The summed E-state index contributed by atoms with van der Waals surface area (Å²) in [6.45, 7) is 9.57. The van der Waals surface area contributed by atoms with Crippen LogP contribution < -0.4 is 0 Å². The fourth-order valence-corrected chi connectivity index (χ4v) is 12.8. The Morgan fingerprint density at radius 3 is 0.817 bits per heavy atom. The third-order valence-electron chi connectivity index (χ3n) is 17.6. The van der Waals surface area contributed by atoms with Crippen LogP contribution in [0.5, 0.6) is 0 Å². The molecule has 0 aliphatic rings. The molecule has 0 saturated carbocycles. The van der Waals surface area contributed by atoms with E-state index in [2.05, 4.69) is 41.5 Å². The number of phosphoric ester groups is 2. The van der Waals surface area contributed by atoms with Crippen molar-refractivity contribution in [3.63, 3.8) is 0 Å². The van der Waals surface area contributed by atoms with Crippen LogP contribution in [0.25, 0.3) is 0 Å². The molecule has 0 saturated heterocycles. The third kappa shape index (κ3) is 67.0. The number of hydrogen-bond donors (Lipinski definition) is 3. The molecule has 3 N–H and O–H groups in total. The van der Waals surface area contributed by atoms with Gasteiger partial charge in [-0.15, -0.1) is 0 Å². The molecule has 0 aromatic heterocycles. The third-order valence-corrected chi connectivity index (χ3v) is 19.5. The van der Waals surface area contributed by atoms with Crippen LogP contribution in [0.3, 0.4) is 0 Å². The Balaban J connectivity index is 5.15. The van der Waals surface area contributed by atoms with E-state index < -0.39 is 97.5 Å². The molecule has 0 radical (unpaired) electrons. The summed E-state index contributed by atoms with van der Waals surface area (Å²) in [5.41, 5.74) is 0. The van der Waals surface area contributed by atoms with Crippen LogP contribution in [-0.4, -0.2) is 96.7 Å². The molecule has 0 bridgehead atoms. The maximum atomic E-state index is 13.0. The lowest BCUT2D eigenvalue weighted by Gasteiger charge is -2.21. The summed E-state index contributed by atoms with van der Waals surface area (Å²) in [4.78, 5) is 72.6. The van der Waals surface area contributed by atoms with Crippen LogP contribution in [0.1, 0.15) is 382 Å². The van der Waals surface area contributed by atoms with E-state index in [1.165, 1.54) is 199 Å². The average molecular weight is 1370 g/mol. The van der Waals surface area contributed by atoms with Gasteiger partial charge in [0.05, 0.1) is 26.4 Å². The van der Waals surface area contributed by atoms with Gasteiger partial charge in [-0.1, -0.05) is 330 Å². The first-order valence-electron chi connectivity index (χ1n) is 38.5. The van der Waals surface area contributed by atoms with Gasteiger partial charge in [-0.3, -0.25) is 37.3 Å². The molecule has 0 heterocycles. The minimum absolute atomic E-state index is 0.104. The number of phosphoric acid groups is 2. The van der Waals surface area contributed by atoms with Crippen molar-refractivity contribution in [2.24, 2.45) is 11.8 Å². The van der Waals surface area contributed by atoms with Gasteiger partial charge in [-0.25, -0.2) is 9.13 Å². The quantitative estimate of drug-likeness (QED) is 0.0222. The molecule has 0 spiro atoms. The van der Waals surface area contributed by atoms with Crippen molar-refractivity contribution in [1.29, 1.82) is 0 Å². The molecule has 0 rings (SSSR count). The molecular formula is C74H144O17P2. The van der Waals surface area contributed by atoms with E-state index in [0.717, 1.165) is 95.8 Å². The van der Waals surface area contributed by atoms with Gasteiger partial charge in [0, 0.05) is 25.7 Å². The Morgan fingerprint density at radius 1 is 0.312 bits per heavy atom. The summed E-state index contributed by atoms with van der Waals surface area (Å²) in [5.74, 6) is -0.555. The number of hydrogen-bond acceptors (Lipinski definition) is 15. The molecule has 17 nitrogen and oxygen atoms in total. The highest BCUT2D eigenvalue weighted by atomic mass is 31.2. The topological polar surface area (TPSA) is 237 Å². The molecular weight excluding hydrogens is 1220 g/mol. The van der Waals surface area contributed by atoms with Gasteiger partial charge in [0.15, 0.2) is 12.2 Å². The van der Waals surface area contributed by atoms with Crippen molar-refractivity contribution < 1.29 is 80.2 Å². The molecule has 0 fully saturated rings. The lowest BCUT2D eigenvalue weighted by Crippen LogP contribution is -2.30. The van der Waals surface area contributed by atoms with Crippen LogP contribution in [0, 0.1) is 11.8 Å². The van der Waals surface area contributed by atoms with Crippen molar-refractivity contribution >= 4 is 39.5 Å². The zero-order chi connectivity index (χ0) is 68.6. The normalized spacial score (nSPS) is 14.3. The minimum atomic E-state index is -4.95. The van der Waals surface area contributed by atoms with E-state index in [0.29, 0.717) is 31.6 Å². The van der Waals surface area contributed by atoms with Crippen LogP contribution in [0.15, 0.2) is 0 Å². The van der Waals surface area contributed by atoms with Gasteiger partial charge < -0.3 is 33.8 Å². The molecule has 3 unspecified atom stereocenters. The molecule has 19 heteroatoms. The second kappa shape index (κ2) is 66.0. The molecule has 93 heavy (non-hydrogen) atoms. The summed E-state index contributed by atoms with van der Waals surface area (Å²) in [6, 6.07) is 0. The summed E-state index contributed by atoms with van der Waals surface area (Å²) in [5, 5.41) is 10.6. The van der Waals surface area contributed by atoms with Gasteiger partial charge in [0.25, 0.3) is 0 Å². The largest absolute Gasteiger partial charge is 0.472 e. The van der Waals surface area contributed by atoms with Gasteiger partial charge >= 0.3 is 39.5 Å².